The molecule has 2 aromatic rings. The van der Waals surface area contributed by atoms with Gasteiger partial charge < -0.3 is 5.73 Å². The highest BCUT2D eigenvalue weighted by molar-refractivity contribution is 5.35. The summed E-state index contributed by atoms with van der Waals surface area (Å²) in [5.74, 6) is 1.04. The number of aromatic amines is 1. The summed E-state index contributed by atoms with van der Waals surface area (Å²) >= 11 is 0. The molecule has 0 radical (unpaired) electrons. The largest absolute Gasteiger partial charge is 0.366 e. The van der Waals surface area contributed by atoms with E-state index in [1.165, 1.54) is 12.8 Å². The molecule has 0 unspecified atom stereocenters. The summed E-state index contributed by atoms with van der Waals surface area (Å²) in [6.07, 6.45) is 4.64. The Morgan fingerprint density at radius 3 is 2.94 bits per heavy atom. The van der Waals surface area contributed by atoms with Crippen molar-refractivity contribution in [1.82, 2.24) is 19.6 Å². The molecule has 16 heavy (non-hydrogen) atoms. The second-order valence-electron chi connectivity index (χ2n) is 4.25. The number of rotatable bonds is 1. The molecule has 0 aromatic carbocycles. The molecule has 0 spiro atoms. The summed E-state index contributed by atoms with van der Waals surface area (Å²) in [7, 11) is 0. The van der Waals surface area contributed by atoms with E-state index in [0.717, 1.165) is 18.5 Å². The van der Waals surface area contributed by atoms with E-state index in [0.29, 0.717) is 11.7 Å². The highest BCUT2D eigenvalue weighted by atomic mass is 16.1. The molecule has 1 aliphatic carbocycles. The van der Waals surface area contributed by atoms with E-state index in [2.05, 4.69) is 15.1 Å². The van der Waals surface area contributed by atoms with Gasteiger partial charge in [-0.25, -0.2) is 4.52 Å². The Labute approximate surface area is 91.5 Å². The third kappa shape index (κ3) is 1.37. The number of hydrogen-bond donors (Lipinski definition) is 2. The zero-order valence-corrected chi connectivity index (χ0v) is 8.81. The van der Waals surface area contributed by atoms with Gasteiger partial charge in [0.05, 0.1) is 5.69 Å². The van der Waals surface area contributed by atoms with E-state index < -0.39 is 0 Å². The van der Waals surface area contributed by atoms with Crippen molar-refractivity contribution >= 4 is 11.7 Å². The van der Waals surface area contributed by atoms with Gasteiger partial charge in [-0.1, -0.05) is 12.8 Å². The Hall–Kier alpha value is -1.85. The molecule has 1 aliphatic rings. The van der Waals surface area contributed by atoms with E-state index in [4.69, 9.17) is 5.73 Å². The van der Waals surface area contributed by atoms with Crippen LogP contribution in [0.15, 0.2) is 10.9 Å². The Bertz CT molecular complexity index is 578. The molecule has 0 amide bonds. The van der Waals surface area contributed by atoms with Crippen LogP contribution in [0, 0.1) is 0 Å². The summed E-state index contributed by atoms with van der Waals surface area (Å²) < 4.78 is 1.66. The first kappa shape index (κ1) is 9.38. The van der Waals surface area contributed by atoms with Gasteiger partial charge in [0.1, 0.15) is 0 Å². The first-order valence-corrected chi connectivity index (χ1v) is 5.49. The lowest BCUT2D eigenvalue weighted by molar-refractivity contribution is 0.660. The van der Waals surface area contributed by atoms with Gasteiger partial charge in [-0.3, -0.25) is 9.78 Å². The van der Waals surface area contributed by atoms with Crippen LogP contribution in [0.5, 0.6) is 0 Å². The number of fused-ring (bicyclic) bond motifs is 1. The average molecular weight is 219 g/mol. The number of anilines is 1. The van der Waals surface area contributed by atoms with Crippen LogP contribution in [0.2, 0.25) is 0 Å². The molecule has 2 aromatic heterocycles. The minimum absolute atomic E-state index is 0.137. The maximum Gasteiger partial charge on any atom is 0.252 e. The molecule has 3 N–H and O–H groups in total. The van der Waals surface area contributed by atoms with Crippen LogP contribution in [0.4, 0.5) is 5.95 Å². The standard InChI is InChI=1S/C10H13N5O/c11-9-13-10-12-8(16)5-7(15(10)14-9)6-3-1-2-4-6/h5-6H,1-4H2,(H3,11,12,13,14,16). The van der Waals surface area contributed by atoms with Crippen molar-refractivity contribution in [2.24, 2.45) is 0 Å². The Morgan fingerprint density at radius 1 is 1.44 bits per heavy atom. The minimum atomic E-state index is -0.137. The molecule has 3 rings (SSSR count). The molecule has 84 valence electrons. The van der Waals surface area contributed by atoms with Crippen LogP contribution in [-0.2, 0) is 0 Å². The second-order valence-corrected chi connectivity index (χ2v) is 4.25. The van der Waals surface area contributed by atoms with E-state index in [1.54, 1.807) is 10.6 Å². The highest BCUT2D eigenvalue weighted by Crippen LogP contribution is 2.33. The molecule has 0 bridgehead atoms. The van der Waals surface area contributed by atoms with E-state index >= 15 is 0 Å². The molecular formula is C10H13N5O. The average Bonchev–Trinajstić information content (AvgIpc) is 2.83. The van der Waals surface area contributed by atoms with Crippen LogP contribution in [-0.4, -0.2) is 19.6 Å². The van der Waals surface area contributed by atoms with Crippen molar-refractivity contribution in [3.8, 4) is 0 Å². The predicted octanol–water partition coefficient (Wildman–Crippen LogP) is 0.657. The fraction of sp³-hybridized carbons (Fsp3) is 0.500. The van der Waals surface area contributed by atoms with Crippen molar-refractivity contribution in [2.75, 3.05) is 5.73 Å². The van der Waals surface area contributed by atoms with Crippen LogP contribution in [0.1, 0.15) is 37.3 Å². The summed E-state index contributed by atoms with van der Waals surface area (Å²) in [5, 5.41) is 4.11. The molecule has 1 saturated carbocycles. The van der Waals surface area contributed by atoms with Crippen molar-refractivity contribution in [3.05, 3.63) is 22.1 Å². The first-order chi connectivity index (χ1) is 7.74. The lowest BCUT2D eigenvalue weighted by atomic mass is 10.0. The predicted molar refractivity (Wildman–Crippen MR) is 59.2 cm³/mol. The monoisotopic (exact) mass is 219 g/mol. The zero-order valence-electron chi connectivity index (χ0n) is 8.81. The van der Waals surface area contributed by atoms with Crippen LogP contribution in [0.3, 0.4) is 0 Å². The fourth-order valence-corrected chi connectivity index (χ4v) is 2.44. The number of nitrogens with two attached hydrogens (primary N) is 1. The van der Waals surface area contributed by atoms with Gasteiger partial charge in [0, 0.05) is 12.0 Å². The quantitative estimate of drug-likeness (QED) is 0.737. The molecule has 2 heterocycles. The SMILES string of the molecule is Nc1nc2[nH]c(=O)cc(C3CCCC3)n2n1. The van der Waals surface area contributed by atoms with E-state index in [-0.39, 0.29) is 11.5 Å². The van der Waals surface area contributed by atoms with Gasteiger partial charge >= 0.3 is 0 Å². The smallest absolute Gasteiger partial charge is 0.252 e. The van der Waals surface area contributed by atoms with Gasteiger partial charge in [-0.2, -0.15) is 4.98 Å². The number of nitrogens with one attached hydrogen (secondary N) is 1. The normalized spacial score (nSPS) is 17.2. The lowest BCUT2D eigenvalue weighted by Gasteiger charge is -2.09. The van der Waals surface area contributed by atoms with Crippen molar-refractivity contribution < 1.29 is 0 Å². The van der Waals surface area contributed by atoms with Crippen molar-refractivity contribution in [2.45, 2.75) is 31.6 Å². The Balaban J connectivity index is 2.24. The zero-order chi connectivity index (χ0) is 11.1. The topological polar surface area (TPSA) is 89.1 Å². The molecule has 1 fully saturated rings. The molecule has 0 saturated heterocycles. The maximum atomic E-state index is 11.5. The maximum absolute atomic E-state index is 11.5. The molecule has 0 atom stereocenters. The van der Waals surface area contributed by atoms with Gasteiger partial charge in [0.2, 0.25) is 11.7 Å². The van der Waals surface area contributed by atoms with E-state index in [1.807, 2.05) is 0 Å². The summed E-state index contributed by atoms with van der Waals surface area (Å²) in [6.45, 7) is 0. The first-order valence-electron chi connectivity index (χ1n) is 5.49. The molecule has 6 nitrogen and oxygen atoms in total. The fourth-order valence-electron chi connectivity index (χ4n) is 2.44. The second kappa shape index (κ2) is 3.33. The summed E-state index contributed by atoms with van der Waals surface area (Å²) in [5.41, 5.74) is 6.34. The Kier molecular flexibility index (Phi) is 1.95. The van der Waals surface area contributed by atoms with Crippen LogP contribution in [0.25, 0.3) is 5.78 Å². The number of nitrogen functional groups attached to an aromatic ring is 1. The minimum Gasteiger partial charge on any atom is -0.366 e. The summed E-state index contributed by atoms with van der Waals surface area (Å²) in [4.78, 5) is 18.1. The van der Waals surface area contributed by atoms with Crippen LogP contribution < -0.4 is 11.3 Å². The van der Waals surface area contributed by atoms with Gasteiger partial charge in [-0.15, -0.1) is 5.10 Å². The number of H-pyrrole nitrogens is 1. The Morgan fingerprint density at radius 2 is 2.19 bits per heavy atom. The van der Waals surface area contributed by atoms with E-state index in [9.17, 15) is 4.79 Å². The van der Waals surface area contributed by atoms with Gasteiger partial charge in [0.15, 0.2) is 0 Å². The highest BCUT2D eigenvalue weighted by Gasteiger charge is 2.21. The number of aromatic nitrogens is 4. The third-order valence-electron chi connectivity index (χ3n) is 3.16. The van der Waals surface area contributed by atoms with Gasteiger partial charge in [-0.05, 0) is 12.8 Å². The number of nitrogens with zero attached hydrogens (tertiary/aromatic N) is 3. The molecule has 6 heteroatoms. The molecular weight excluding hydrogens is 206 g/mol. The number of hydrogen-bond acceptors (Lipinski definition) is 4. The van der Waals surface area contributed by atoms with Crippen molar-refractivity contribution in [3.63, 3.8) is 0 Å². The third-order valence-corrected chi connectivity index (χ3v) is 3.16. The van der Waals surface area contributed by atoms with Crippen LogP contribution >= 0.6 is 0 Å². The lowest BCUT2D eigenvalue weighted by Crippen LogP contribution is -2.14. The van der Waals surface area contributed by atoms with Gasteiger partial charge in [0.25, 0.3) is 5.56 Å². The summed E-state index contributed by atoms with van der Waals surface area (Å²) in [6, 6.07) is 1.61. The molecule has 0 aliphatic heterocycles. The van der Waals surface area contributed by atoms with Crippen molar-refractivity contribution in [1.29, 1.82) is 0 Å².